The topological polar surface area (TPSA) is 62.5 Å². The van der Waals surface area contributed by atoms with Crippen LogP contribution in [-0.4, -0.2) is 24.7 Å². The summed E-state index contributed by atoms with van der Waals surface area (Å²) in [5.74, 6) is 1.75. The zero-order chi connectivity index (χ0) is 18.2. The Balaban J connectivity index is 1.88. The molecule has 2 N–H and O–H groups in total. The molecule has 1 heterocycles. The van der Waals surface area contributed by atoms with Gasteiger partial charge >= 0.3 is 0 Å². The molecule has 0 aliphatic rings. The second-order valence-corrected chi connectivity index (χ2v) is 6.27. The molecule has 5 heteroatoms. The molecule has 0 bridgehead atoms. The number of hydrogen-bond acceptors (Lipinski definition) is 3. The van der Waals surface area contributed by atoms with Crippen molar-refractivity contribution in [3.8, 4) is 0 Å². The van der Waals surface area contributed by atoms with Gasteiger partial charge in [-0.1, -0.05) is 42.8 Å². The lowest BCUT2D eigenvalue weighted by atomic mass is 10.0. The third-order valence-corrected chi connectivity index (χ3v) is 4.45. The van der Waals surface area contributed by atoms with Gasteiger partial charge in [0.1, 0.15) is 5.76 Å². The van der Waals surface area contributed by atoms with Gasteiger partial charge in [-0.25, -0.2) is 0 Å². The Kier molecular flexibility index (Phi) is 7.04. The number of aryl methyl sites for hydroxylation is 4. The van der Waals surface area contributed by atoms with Crippen LogP contribution in [0, 0.1) is 13.8 Å². The van der Waals surface area contributed by atoms with Gasteiger partial charge in [0.05, 0.1) is 5.69 Å². The van der Waals surface area contributed by atoms with Crippen LogP contribution in [0.15, 0.2) is 27.7 Å². The Morgan fingerprint density at radius 3 is 2.60 bits per heavy atom. The van der Waals surface area contributed by atoms with Crippen LogP contribution in [0.4, 0.5) is 0 Å². The molecule has 0 unspecified atom stereocenters. The molecule has 0 saturated carbocycles. The van der Waals surface area contributed by atoms with Crippen LogP contribution in [0.1, 0.15) is 47.6 Å². The van der Waals surface area contributed by atoms with Crippen molar-refractivity contribution in [1.82, 2.24) is 15.8 Å². The van der Waals surface area contributed by atoms with E-state index in [1.165, 1.54) is 16.7 Å². The molecular weight excluding hydrogens is 312 g/mol. The van der Waals surface area contributed by atoms with E-state index in [1.807, 2.05) is 0 Å². The lowest BCUT2D eigenvalue weighted by Gasteiger charge is -2.13. The van der Waals surface area contributed by atoms with Crippen LogP contribution < -0.4 is 10.6 Å². The van der Waals surface area contributed by atoms with E-state index in [1.54, 1.807) is 7.05 Å². The minimum absolute atomic E-state index is 0.680. The summed E-state index contributed by atoms with van der Waals surface area (Å²) in [6.45, 7) is 9.99. The standard InChI is InChI=1S/C20H30N4O/c1-6-18-17(19(7-2)25-24-18)13-23-20(21-5)22-11-10-16-9-8-14(3)12-15(16)4/h8-9,12H,6-7,10-11,13H2,1-5H3,(H2,21,22,23). The predicted octanol–water partition coefficient (Wildman–Crippen LogP) is 3.32. The first-order valence-electron chi connectivity index (χ1n) is 9.05. The van der Waals surface area contributed by atoms with Crippen molar-refractivity contribution in [2.24, 2.45) is 4.99 Å². The minimum Gasteiger partial charge on any atom is -0.361 e. The van der Waals surface area contributed by atoms with Crippen molar-refractivity contribution in [1.29, 1.82) is 0 Å². The van der Waals surface area contributed by atoms with Gasteiger partial charge in [0, 0.05) is 32.1 Å². The van der Waals surface area contributed by atoms with Crippen LogP contribution in [0.5, 0.6) is 0 Å². The third kappa shape index (κ3) is 5.08. The predicted molar refractivity (Wildman–Crippen MR) is 103 cm³/mol. The zero-order valence-electron chi connectivity index (χ0n) is 16.1. The van der Waals surface area contributed by atoms with Crippen molar-refractivity contribution in [2.75, 3.05) is 13.6 Å². The molecule has 0 aliphatic heterocycles. The lowest BCUT2D eigenvalue weighted by Crippen LogP contribution is -2.38. The minimum atomic E-state index is 0.680. The van der Waals surface area contributed by atoms with E-state index in [0.29, 0.717) is 6.54 Å². The molecule has 2 aromatic rings. The summed E-state index contributed by atoms with van der Waals surface area (Å²) in [6.07, 6.45) is 2.70. The van der Waals surface area contributed by atoms with Crippen molar-refractivity contribution in [3.63, 3.8) is 0 Å². The third-order valence-electron chi connectivity index (χ3n) is 4.45. The molecular formula is C20H30N4O. The molecule has 0 spiro atoms. The largest absolute Gasteiger partial charge is 0.361 e. The lowest BCUT2D eigenvalue weighted by molar-refractivity contribution is 0.380. The van der Waals surface area contributed by atoms with E-state index in [2.05, 4.69) is 66.7 Å². The molecule has 1 aromatic heterocycles. The van der Waals surface area contributed by atoms with E-state index >= 15 is 0 Å². The van der Waals surface area contributed by atoms with Crippen LogP contribution >= 0.6 is 0 Å². The van der Waals surface area contributed by atoms with Crippen LogP contribution in [0.3, 0.4) is 0 Å². The molecule has 0 atom stereocenters. The fraction of sp³-hybridized carbons (Fsp3) is 0.500. The van der Waals surface area contributed by atoms with Gasteiger partial charge in [-0.2, -0.15) is 0 Å². The first kappa shape index (κ1) is 19.0. The Morgan fingerprint density at radius 1 is 1.16 bits per heavy atom. The molecule has 2 rings (SSSR count). The summed E-state index contributed by atoms with van der Waals surface area (Å²) in [5.41, 5.74) is 6.19. The van der Waals surface area contributed by atoms with Gasteiger partial charge in [0.15, 0.2) is 5.96 Å². The van der Waals surface area contributed by atoms with Crippen molar-refractivity contribution >= 4 is 5.96 Å². The van der Waals surface area contributed by atoms with Crippen molar-refractivity contribution in [2.45, 2.75) is 53.5 Å². The molecule has 0 fully saturated rings. The number of nitrogens with zero attached hydrogens (tertiary/aromatic N) is 2. The molecule has 25 heavy (non-hydrogen) atoms. The highest BCUT2D eigenvalue weighted by Gasteiger charge is 2.13. The summed E-state index contributed by atoms with van der Waals surface area (Å²) in [7, 11) is 1.79. The Labute approximate surface area is 150 Å². The average Bonchev–Trinajstić information content (AvgIpc) is 3.01. The van der Waals surface area contributed by atoms with Gasteiger partial charge in [-0.3, -0.25) is 4.99 Å². The molecule has 0 amide bonds. The highest BCUT2D eigenvalue weighted by atomic mass is 16.5. The smallest absolute Gasteiger partial charge is 0.191 e. The Morgan fingerprint density at radius 2 is 1.96 bits per heavy atom. The number of rotatable bonds is 7. The molecule has 5 nitrogen and oxygen atoms in total. The molecule has 0 aliphatic carbocycles. The van der Waals surface area contributed by atoms with Crippen molar-refractivity contribution in [3.05, 3.63) is 51.9 Å². The zero-order valence-corrected chi connectivity index (χ0v) is 16.1. The molecule has 136 valence electrons. The first-order chi connectivity index (χ1) is 12.1. The second-order valence-electron chi connectivity index (χ2n) is 6.27. The number of nitrogens with one attached hydrogen (secondary N) is 2. The van der Waals surface area contributed by atoms with Gasteiger partial charge in [0.2, 0.25) is 0 Å². The van der Waals surface area contributed by atoms with Gasteiger partial charge in [-0.05, 0) is 37.8 Å². The number of aromatic nitrogens is 1. The van der Waals surface area contributed by atoms with Crippen LogP contribution in [-0.2, 0) is 25.8 Å². The Bertz CT molecular complexity index is 697. The number of guanidine groups is 1. The van der Waals surface area contributed by atoms with E-state index in [0.717, 1.165) is 48.8 Å². The maximum absolute atomic E-state index is 5.41. The molecule has 0 saturated heterocycles. The normalized spacial score (nSPS) is 11.6. The van der Waals surface area contributed by atoms with Gasteiger partial charge in [0.25, 0.3) is 0 Å². The average molecular weight is 342 g/mol. The highest BCUT2D eigenvalue weighted by molar-refractivity contribution is 5.79. The second kappa shape index (κ2) is 9.25. The van der Waals surface area contributed by atoms with E-state index in [4.69, 9.17) is 4.52 Å². The fourth-order valence-corrected chi connectivity index (χ4v) is 2.97. The molecule has 1 aromatic carbocycles. The van der Waals surface area contributed by atoms with E-state index in [-0.39, 0.29) is 0 Å². The number of hydrogen-bond donors (Lipinski definition) is 2. The summed E-state index contributed by atoms with van der Waals surface area (Å²) in [4.78, 5) is 4.31. The summed E-state index contributed by atoms with van der Waals surface area (Å²) in [6, 6.07) is 6.60. The summed E-state index contributed by atoms with van der Waals surface area (Å²) >= 11 is 0. The van der Waals surface area contributed by atoms with E-state index in [9.17, 15) is 0 Å². The monoisotopic (exact) mass is 342 g/mol. The van der Waals surface area contributed by atoms with Crippen LogP contribution in [0.2, 0.25) is 0 Å². The van der Waals surface area contributed by atoms with Gasteiger partial charge < -0.3 is 15.2 Å². The first-order valence-corrected chi connectivity index (χ1v) is 9.05. The van der Waals surface area contributed by atoms with Gasteiger partial charge in [-0.15, -0.1) is 0 Å². The van der Waals surface area contributed by atoms with Crippen molar-refractivity contribution < 1.29 is 4.52 Å². The number of aliphatic imine (C=N–C) groups is 1. The van der Waals surface area contributed by atoms with Crippen LogP contribution in [0.25, 0.3) is 0 Å². The maximum atomic E-state index is 5.41. The SMILES string of the molecule is CCc1noc(CC)c1CNC(=NC)NCCc1ccc(C)cc1C. The van der Waals surface area contributed by atoms with E-state index < -0.39 is 0 Å². The number of benzene rings is 1. The summed E-state index contributed by atoms with van der Waals surface area (Å²) in [5, 5.41) is 10.9. The molecule has 0 radical (unpaired) electrons. The Hall–Kier alpha value is -2.30. The quantitative estimate of drug-likeness (QED) is 0.598. The summed E-state index contributed by atoms with van der Waals surface area (Å²) < 4.78 is 5.41. The maximum Gasteiger partial charge on any atom is 0.191 e. The fourth-order valence-electron chi connectivity index (χ4n) is 2.97. The highest BCUT2D eigenvalue weighted by Crippen LogP contribution is 2.15.